The lowest BCUT2D eigenvalue weighted by Gasteiger charge is -2.25. The first-order valence-electron chi connectivity index (χ1n) is 7.65. The molecule has 0 unspecified atom stereocenters. The van der Waals surface area contributed by atoms with E-state index in [1.165, 1.54) is 6.08 Å². The molecule has 0 aromatic heterocycles. The van der Waals surface area contributed by atoms with Crippen molar-refractivity contribution < 1.29 is 18.4 Å². The van der Waals surface area contributed by atoms with Crippen molar-refractivity contribution in [3.63, 3.8) is 0 Å². The number of carbonyl (C=O) groups is 1. The molecule has 0 aliphatic rings. The second-order valence-electron chi connectivity index (χ2n) is 4.83. The van der Waals surface area contributed by atoms with Crippen LogP contribution in [0.2, 0.25) is 12.6 Å². The summed E-state index contributed by atoms with van der Waals surface area (Å²) >= 11 is 0. The summed E-state index contributed by atoms with van der Waals surface area (Å²) in [6.45, 7) is 9.94. The molecule has 0 rings (SSSR count). The molecular formula is C15H30O4Si. The molecule has 0 aliphatic heterocycles. The van der Waals surface area contributed by atoms with Crippen molar-refractivity contribution in [1.29, 1.82) is 0 Å². The van der Waals surface area contributed by atoms with E-state index in [1.807, 2.05) is 13.8 Å². The molecule has 0 N–H and O–H groups in total. The van der Waals surface area contributed by atoms with E-state index in [1.54, 1.807) is 13.0 Å². The molecule has 0 amide bonds. The number of hydrogen-bond donors (Lipinski definition) is 0. The highest BCUT2D eigenvalue weighted by Gasteiger charge is 2.29. The smallest absolute Gasteiger partial charge is 0.334 e. The molecule has 0 heterocycles. The lowest BCUT2D eigenvalue weighted by molar-refractivity contribution is -0.137. The minimum absolute atomic E-state index is 0.250. The third-order valence-corrected chi connectivity index (χ3v) is 6.03. The van der Waals surface area contributed by atoms with E-state index in [2.05, 4.69) is 6.55 Å². The molecule has 0 saturated carbocycles. The fourth-order valence-corrected chi connectivity index (χ4v) is 4.54. The van der Waals surface area contributed by atoms with Gasteiger partial charge >= 0.3 is 14.5 Å². The maximum atomic E-state index is 11.1. The van der Waals surface area contributed by atoms with Crippen LogP contribution in [0.25, 0.3) is 0 Å². The van der Waals surface area contributed by atoms with Crippen molar-refractivity contribution in [2.24, 2.45) is 0 Å². The Balaban J connectivity index is 3.61. The van der Waals surface area contributed by atoms with Gasteiger partial charge in [0.05, 0.1) is 6.61 Å². The average Bonchev–Trinajstić information content (AvgIpc) is 2.38. The van der Waals surface area contributed by atoms with Crippen molar-refractivity contribution in [3.05, 3.63) is 12.2 Å². The first-order valence-corrected chi connectivity index (χ1v) is 10.2. The van der Waals surface area contributed by atoms with Crippen molar-refractivity contribution in [2.45, 2.75) is 59.0 Å². The van der Waals surface area contributed by atoms with E-state index in [0.717, 1.165) is 44.9 Å². The predicted molar refractivity (Wildman–Crippen MR) is 83.9 cm³/mol. The number of rotatable bonds is 12. The topological polar surface area (TPSA) is 44.8 Å². The van der Waals surface area contributed by atoms with Crippen molar-refractivity contribution >= 4 is 14.5 Å². The number of allylic oxidation sites excluding steroid dienone is 1. The van der Waals surface area contributed by atoms with Gasteiger partial charge in [0.15, 0.2) is 0 Å². The summed E-state index contributed by atoms with van der Waals surface area (Å²) < 4.78 is 16.6. The molecule has 0 atom stereocenters. The molecule has 0 bridgehead atoms. The molecule has 118 valence electrons. The van der Waals surface area contributed by atoms with Gasteiger partial charge in [0, 0.05) is 19.3 Å². The molecule has 0 aromatic carbocycles. The van der Waals surface area contributed by atoms with Gasteiger partial charge in [0.25, 0.3) is 0 Å². The number of ether oxygens (including phenoxy) is 1. The highest BCUT2D eigenvalue weighted by molar-refractivity contribution is 6.66. The van der Waals surface area contributed by atoms with Gasteiger partial charge in [0.1, 0.15) is 0 Å². The van der Waals surface area contributed by atoms with Crippen molar-refractivity contribution in [2.75, 3.05) is 19.8 Å². The summed E-state index contributed by atoms with van der Waals surface area (Å²) in [6.07, 6.45) is 7.38. The van der Waals surface area contributed by atoms with E-state index in [0.29, 0.717) is 6.61 Å². The molecule has 5 heteroatoms. The Morgan fingerprint density at radius 3 is 2.20 bits per heavy atom. The molecule has 0 aromatic rings. The SMILES string of the molecule is CC=CC(=O)OCCCCCC[Si](C)(OCC)OCC. The third-order valence-electron chi connectivity index (χ3n) is 2.97. The first kappa shape index (κ1) is 19.3. The molecule has 20 heavy (non-hydrogen) atoms. The van der Waals surface area contributed by atoms with Gasteiger partial charge in [0.2, 0.25) is 0 Å². The summed E-state index contributed by atoms with van der Waals surface area (Å²) in [7, 11) is -1.94. The minimum Gasteiger partial charge on any atom is -0.463 e. The number of unbranched alkanes of at least 4 members (excludes halogenated alkanes) is 3. The van der Waals surface area contributed by atoms with E-state index >= 15 is 0 Å². The molecule has 0 spiro atoms. The fourth-order valence-electron chi connectivity index (χ4n) is 2.06. The monoisotopic (exact) mass is 302 g/mol. The summed E-state index contributed by atoms with van der Waals surface area (Å²) in [4.78, 5) is 11.1. The lowest BCUT2D eigenvalue weighted by Crippen LogP contribution is -2.38. The average molecular weight is 302 g/mol. The lowest BCUT2D eigenvalue weighted by atomic mass is 10.2. The quantitative estimate of drug-likeness (QED) is 0.238. The van der Waals surface area contributed by atoms with Crippen LogP contribution in [0, 0.1) is 0 Å². The Morgan fingerprint density at radius 2 is 1.65 bits per heavy atom. The standard InChI is InChI=1S/C15H30O4Si/c1-5-12-15(16)17-13-10-8-9-11-14-20(4,18-6-2)19-7-3/h5,12H,6-11,13-14H2,1-4H3. The molecule has 0 fully saturated rings. The summed E-state index contributed by atoms with van der Waals surface area (Å²) in [5.74, 6) is -0.250. The van der Waals surface area contributed by atoms with Crippen LogP contribution in [0.1, 0.15) is 46.5 Å². The van der Waals surface area contributed by atoms with Gasteiger partial charge in [-0.15, -0.1) is 0 Å². The van der Waals surface area contributed by atoms with Gasteiger partial charge in [-0.3, -0.25) is 0 Å². The molecule has 0 radical (unpaired) electrons. The summed E-state index contributed by atoms with van der Waals surface area (Å²) in [6, 6.07) is 1.03. The molecular weight excluding hydrogens is 272 g/mol. The molecule has 4 nitrogen and oxygen atoms in total. The molecule has 0 aliphatic carbocycles. The number of hydrogen-bond acceptors (Lipinski definition) is 4. The van der Waals surface area contributed by atoms with E-state index < -0.39 is 8.56 Å². The largest absolute Gasteiger partial charge is 0.463 e. The van der Waals surface area contributed by atoms with Crippen molar-refractivity contribution in [3.8, 4) is 0 Å². The van der Waals surface area contributed by atoms with Gasteiger partial charge < -0.3 is 13.6 Å². The Hall–Kier alpha value is -0.653. The highest BCUT2D eigenvalue weighted by Crippen LogP contribution is 2.18. The summed E-state index contributed by atoms with van der Waals surface area (Å²) in [5.41, 5.74) is 0. The number of carbonyl (C=O) groups excluding carboxylic acids is 1. The highest BCUT2D eigenvalue weighted by atomic mass is 28.4. The van der Waals surface area contributed by atoms with Crippen molar-refractivity contribution in [1.82, 2.24) is 0 Å². The Morgan fingerprint density at radius 1 is 1.05 bits per heavy atom. The fraction of sp³-hybridized carbons (Fsp3) is 0.800. The zero-order chi connectivity index (χ0) is 15.3. The molecule has 0 saturated heterocycles. The van der Waals surface area contributed by atoms with Crippen LogP contribution in [0.3, 0.4) is 0 Å². The second kappa shape index (κ2) is 12.1. The Kier molecular flexibility index (Phi) is 11.7. The van der Waals surface area contributed by atoms with Gasteiger partial charge in [-0.25, -0.2) is 4.79 Å². The summed E-state index contributed by atoms with van der Waals surface area (Å²) in [5, 5.41) is 0. The number of esters is 1. The van der Waals surface area contributed by atoms with Crippen LogP contribution < -0.4 is 0 Å². The van der Waals surface area contributed by atoms with Crippen LogP contribution in [-0.2, 0) is 18.4 Å². The normalized spacial score (nSPS) is 12.0. The Bertz CT molecular complexity index is 273. The van der Waals surface area contributed by atoms with Crippen LogP contribution in [0.4, 0.5) is 0 Å². The van der Waals surface area contributed by atoms with Crippen LogP contribution in [0.15, 0.2) is 12.2 Å². The van der Waals surface area contributed by atoms with Crippen LogP contribution >= 0.6 is 0 Å². The first-order chi connectivity index (χ1) is 9.58. The van der Waals surface area contributed by atoms with Crippen LogP contribution in [0.5, 0.6) is 0 Å². The van der Waals surface area contributed by atoms with Gasteiger partial charge in [-0.05, 0) is 39.8 Å². The van der Waals surface area contributed by atoms with E-state index in [-0.39, 0.29) is 5.97 Å². The van der Waals surface area contributed by atoms with Gasteiger partial charge in [-0.2, -0.15) is 0 Å². The minimum atomic E-state index is -1.94. The Labute approximate surface area is 124 Å². The zero-order valence-electron chi connectivity index (χ0n) is 13.4. The van der Waals surface area contributed by atoms with Crippen LogP contribution in [-0.4, -0.2) is 34.4 Å². The maximum Gasteiger partial charge on any atom is 0.334 e. The van der Waals surface area contributed by atoms with E-state index in [4.69, 9.17) is 13.6 Å². The maximum absolute atomic E-state index is 11.1. The van der Waals surface area contributed by atoms with Gasteiger partial charge in [-0.1, -0.05) is 25.3 Å². The van der Waals surface area contributed by atoms with E-state index in [9.17, 15) is 4.79 Å². The predicted octanol–water partition coefficient (Wildman–Crippen LogP) is 3.81. The third kappa shape index (κ3) is 10.2. The zero-order valence-corrected chi connectivity index (χ0v) is 14.4. The second-order valence-corrected chi connectivity index (χ2v) is 8.18.